The van der Waals surface area contributed by atoms with Crippen LogP contribution in [0, 0.1) is 17.2 Å². The molecule has 0 unspecified atom stereocenters. The molecule has 2 heterocycles. The van der Waals surface area contributed by atoms with Gasteiger partial charge >= 0.3 is 0 Å². The maximum Gasteiger partial charge on any atom is 0.149 e. The van der Waals surface area contributed by atoms with E-state index in [1.807, 2.05) is 30.3 Å². The van der Waals surface area contributed by atoms with Crippen molar-refractivity contribution in [1.82, 2.24) is 9.97 Å². The first-order valence-corrected chi connectivity index (χ1v) is 10.2. The summed E-state index contributed by atoms with van der Waals surface area (Å²) >= 11 is 0. The maximum atomic E-state index is 9.49. The molecule has 1 fully saturated rings. The van der Waals surface area contributed by atoms with E-state index in [1.165, 1.54) is 5.56 Å². The third kappa shape index (κ3) is 3.04. The fourth-order valence-electron chi connectivity index (χ4n) is 4.62. The van der Waals surface area contributed by atoms with Gasteiger partial charge in [-0.3, -0.25) is 0 Å². The minimum absolute atomic E-state index is 0.204. The van der Waals surface area contributed by atoms with Gasteiger partial charge < -0.3 is 5.73 Å². The molecular formula is C26H22N4. The van der Waals surface area contributed by atoms with E-state index in [2.05, 4.69) is 54.4 Å². The van der Waals surface area contributed by atoms with Crippen LogP contribution >= 0.6 is 0 Å². The van der Waals surface area contributed by atoms with Crippen LogP contribution in [0.5, 0.6) is 0 Å². The second-order valence-corrected chi connectivity index (χ2v) is 8.34. The Morgan fingerprint density at radius 3 is 2.40 bits per heavy atom. The SMILES string of the molecule is CC1CC(N)(c2ccc(-c3nc4ccnc(C#N)c4cc3-c3ccccc3)cc2)C1. The lowest BCUT2D eigenvalue weighted by Crippen LogP contribution is -2.47. The van der Waals surface area contributed by atoms with E-state index >= 15 is 0 Å². The number of nitrogens with zero attached hydrogens (tertiary/aromatic N) is 3. The number of pyridine rings is 2. The average Bonchev–Trinajstić information content (AvgIpc) is 2.77. The molecule has 0 amide bonds. The Hall–Kier alpha value is -3.55. The van der Waals surface area contributed by atoms with Crippen LogP contribution in [-0.2, 0) is 5.54 Å². The van der Waals surface area contributed by atoms with Crippen LogP contribution in [-0.4, -0.2) is 9.97 Å². The van der Waals surface area contributed by atoms with Gasteiger partial charge in [0, 0.05) is 28.2 Å². The summed E-state index contributed by atoms with van der Waals surface area (Å²) in [5.74, 6) is 0.685. The van der Waals surface area contributed by atoms with Crippen molar-refractivity contribution in [2.24, 2.45) is 11.7 Å². The number of nitrogens with two attached hydrogens (primary N) is 1. The number of aromatic nitrogens is 2. The van der Waals surface area contributed by atoms with Crippen LogP contribution in [0.2, 0.25) is 0 Å². The van der Waals surface area contributed by atoms with Crippen molar-refractivity contribution in [1.29, 1.82) is 5.26 Å². The lowest BCUT2D eigenvalue weighted by atomic mass is 9.66. The Bertz CT molecular complexity index is 1260. The summed E-state index contributed by atoms with van der Waals surface area (Å²) in [4.78, 5) is 9.15. The summed E-state index contributed by atoms with van der Waals surface area (Å²) in [6.07, 6.45) is 3.69. The molecule has 2 aromatic heterocycles. The number of rotatable bonds is 3. The summed E-state index contributed by atoms with van der Waals surface area (Å²) in [6, 6.07) is 24.7. The number of hydrogen-bond donors (Lipinski definition) is 1. The number of hydrogen-bond acceptors (Lipinski definition) is 4. The van der Waals surface area contributed by atoms with E-state index in [4.69, 9.17) is 10.7 Å². The summed E-state index contributed by atoms with van der Waals surface area (Å²) in [7, 11) is 0. The molecule has 1 saturated carbocycles. The third-order valence-electron chi connectivity index (χ3n) is 6.09. The molecule has 30 heavy (non-hydrogen) atoms. The number of nitriles is 1. The second kappa shape index (κ2) is 7.05. The molecule has 0 spiro atoms. The van der Waals surface area contributed by atoms with Crippen molar-refractivity contribution < 1.29 is 0 Å². The second-order valence-electron chi connectivity index (χ2n) is 8.34. The van der Waals surface area contributed by atoms with Gasteiger partial charge in [-0.05, 0) is 42.0 Å². The number of fused-ring (bicyclic) bond motifs is 1. The topological polar surface area (TPSA) is 75.6 Å². The zero-order valence-corrected chi connectivity index (χ0v) is 16.8. The monoisotopic (exact) mass is 390 g/mol. The van der Waals surface area contributed by atoms with Gasteiger partial charge in [0.25, 0.3) is 0 Å². The quantitative estimate of drug-likeness (QED) is 0.507. The van der Waals surface area contributed by atoms with Crippen LogP contribution in [0.25, 0.3) is 33.3 Å². The lowest BCUT2D eigenvalue weighted by Gasteiger charge is -2.44. The zero-order valence-electron chi connectivity index (χ0n) is 16.8. The smallest absolute Gasteiger partial charge is 0.149 e. The van der Waals surface area contributed by atoms with Gasteiger partial charge in [-0.25, -0.2) is 9.97 Å². The Morgan fingerprint density at radius 1 is 1.00 bits per heavy atom. The first-order chi connectivity index (χ1) is 14.6. The van der Waals surface area contributed by atoms with Gasteiger partial charge in [-0.2, -0.15) is 5.26 Å². The molecule has 4 aromatic rings. The fraction of sp³-hybridized carbons (Fsp3) is 0.192. The van der Waals surface area contributed by atoms with E-state index in [-0.39, 0.29) is 5.54 Å². The fourth-order valence-corrected chi connectivity index (χ4v) is 4.62. The van der Waals surface area contributed by atoms with Crippen molar-refractivity contribution in [2.45, 2.75) is 25.3 Å². The van der Waals surface area contributed by atoms with Gasteiger partial charge in [0.15, 0.2) is 0 Å². The molecule has 5 rings (SSSR count). The van der Waals surface area contributed by atoms with Crippen LogP contribution < -0.4 is 5.73 Å². The zero-order chi connectivity index (χ0) is 20.7. The summed E-state index contributed by atoms with van der Waals surface area (Å²) < 4.78 is 0. The summed E-state index contributed by atoms with van der Waals surface area (Å²) in [5, 5.41) is 10.3. The summed E-state index contributed by atoms with van der Waals surface area (Å²) in [5.41, 5.74) is 12.7. The molecule has 0 aliphatic heterocycles. The first kappa shape index (κ1) is 18.5. The minimum atomic E-state index is -0.204. The van der Waals surface area contributed by atoms with E-state index in [0.717, 1.165) is 46.1 Å². The molecule has 0 saturated heterocycles. The van der Waals surface area contributed by atoms with Gasteiger partial charge in [0.1, 0.15) is 11.8 Å². The number of benzene rings is 2. The Labute approximate surface area is 176 Å². The molecule has 146 valence electrons. The van der Waals surface area contributed by atoms with Gasteiger partial charge in [-0.1, -0.05) is 61.5 Å². The molecule has 1 aliphatic carbocycles. The molecule has 0 bridgehead atoms. The molecule has 1 aliphatic rings. The van der Waals surface area contributed by atoms with Gasteiger partial charge in [0.2, 0.25) is 0 Å². The predicted octanol–water partition coefficient (Wildman–Crippen LogP) is 5.42. The minimum Gasteiger partial charge on any atom is -0.321 e. The highest BCUT2D eigenvalue weighted by Gasteiger charge is 2.39. The Kier molecular flexibility index (Phi) is 4.34. The van der Waals surface area contributed by atoms with Crippen molar-refractivity contribution in [3.63, 3.8) is 0 Å². The van der Waals surface area contributed by atoms with Gasteiger partial charge in [-0.15, -0.1) is 0 Å². The molecule has 4 heteroatoms. The first-order valence-electron chi connectivity index (χ1n) is 10.2. The molecule has 2 aromatic carbocycles. The molecular weight excluding hydrogens is 368 g/mol. The maximum absolute atomic E-state index is 9.49. The molecule has 2 N–H and O–H groups in total. The third-order valence-corrected chi connectivity index (χ3v) is 6.09. The highest BCUT2D eigenvalue weighted by molar-refractivity contribution is 5.93. The van der Waals surface area contributed by atoms with Crippen molar-refractivity contribution >= 4 is 10.9 Å². The van der Waals surface area contributed by atoms with Crippen LogP contribution in [0.3, 0.4) is 0 Å². The molecule has 4 nitrogen and oxygen atoms in total. The van der Waals surface area contributed by atoms with E-state index < -0.39 is 0 Å². The Morgan fingerprint density at radius 2 is 1.73 bits per heavy atom. The van der Waals surface area contributed by atoms with Crippen molar-refractivity contribution in [2.75, 3.05) is 0 Å². The van der Waals surface area contributed by atoms with E-state index in [1.54, 1.807) is 6.20 Å². The summed E-state index contributed by atoms with van der Waals surface area (Å²) in [6.45, 7) is 2.25. The van der Waals surface area contributed by atoms with Crippen LogP contribution in [0.4, 0.5) is 0 Å². The van der Waals surface area contributed by atoms with Crippen LogP contribution in [0.15, 0.2) is 72.9 Å². The van der Waals surface area contributed by atoms with Gasteiger partial charge in [0.05, 0.1) is 11.2 Å². The van der Waals surface area contributed by atoms with E-state index in [0.29, 0.717) is 11.6 Å². The highest BCUT2D eigenvalue weighted by Crippen LogP contribution is 2.43. The van der Waals surface area contributed by atoms with Crippen molar-refractivity contribution in [3.05, 3.63) is 84.2 Å². The Balaban J connectivity index is 1.67. The van der Waals surface area contributed by atoms with Crippen molar-refractivity contribution in [3.8, 4) is 28.5 Å². The van der Waals surface area contributed by atoms with Crippen LogP contribution in [0.1, 0.15) is 31.0 Å². The standard InChI is InChI=1S/C26H22N4/c1-17-14-26(28,15-17)20-9-7-19(8-10-20)25-21(18-5-3-2-4-6-18)13-22-23(30-25)11-12-29-24(22)16-27/h2-13,17H,14-15,28H2,1H3. The largest absolute Gasteiger partial charge is 0.321 e. The lowest BCUT2D eigenvalue weighted by molar-refractivity contribution is 0.164. The average molecular weight is 390 g/mol. The van der Waals surface area contributed by atoms with E-state index in [9.17, 15) is 5.26 Å². The predicted molar refractivity (Wildman–Crippen MR) is 119 cm³/mol. The normalized spacial score (nSPS) is 20.5. The molecule has 0 atom stereocenters. The molecule has 0 radical (unpaired) electrons. The highest BCUT2D eigenvalue weighted by atomic mass is 14.8.